The smallest absolute Gasteiger partial charge is 0.0654 e. The molecule has 0 N–H and O–H groups in total. The minimum Gasteiger partial charge on any atom is -0.0654 e. The van der Waals surface area contributed by atoms with Crippen LogP contribution in [0, 0.1) is 0 Å². The number of aryl methyl sites for hydroxylation is 2. The Kier molecular flexibility index (Phi) is 48.6. The van der Waals surface area contributed by atoms with Crippen molar-refractivity contribution in [3.05, 3.63) is 88.0 Å². The van der Waals surface area contributed by atoms with Gasteiger partial charge in [-0.2, -0.15) is 0 Å². The fourth-order valence-corrected chi connectivity index (χ4v) is 12.4. The fraction of sp³-hybridized carbons (Fsp3) is 0.778. The molecule has 1 heterocycles. The van der Waals surface area contributed by atoms with Gasteiger partial charge in [-0.3, -0.25) is 0 Å². The first-order valence-electron chi connectivity index (χ1n) is 33.7. The van der Waals surface area contributed by atoms with Crippen molar-refractivity contribution in [3.8, 4) is 0 Å². The van der Waals surface area contributed by atoms with Crippen LogP contribution in [0.2, 0.25) is 10.8 Å². The van der Waals surface area contributed by atoms with Crippen molar-refractivity contribution in [1.29, 1.82) is 0 Å². The molecule has 434 valence electrons. The van der Waals surface area contributed by atoms with Gasteiger partial charge in [-0.05, 0) is 67.5 Å². The van der Waals surface area contributed by atoms with Crippen molar-refractivity contribution < 1.29 is 19.1 Å². The summed E-state index contributed by atoms with van der Waals surface area (Å²) < 4.78 is 1.47. The summed E-state index contributed by atoms with van der Waals surface area (Å²) in [5.41, 5.74) is 19.6. The number of rotatable bonds is 53. The molecule has 0 unspecified atom stereocenters. The monoisotopic (exact) mass is 1080 g/mol. The summed E-state index contributed by atoms with van der Waals surface area (Å²) in [7, 11) is 0. The number of hydrogen-bond donors (Lipinski definition) is 0. The Morgan fingerprint density at radius 2 is 0.640 bits per heavy atom. The van der Waals surface area contributed by atoms with Crippen LogP contribution in [-0.4, -0.2) is 4.70 Å². The van der Waals surface area contributed by atoms with Gasteiger partial charge >= 0.3 is 166 Å². The van der Waals surface area contributed by atoms with Crippen LogP contribution in [0.1, 0.15) is 359 Å². The molecule has 2 aromatic carbocycles. The second-order valence-corrected chi connectivity index (χ2v) is 24.8. The van der Waals surface area contributed by atoms with Gasteiger partial charge in [0.2, 0.25) is 11.4 Å². The average Bonchev–Trinajstić information content (AvgIpc) is 3.77. The summed E-state index contributed by atoms with van der Waals surface area (Å²) in [5.74, 6) is 0. The minimum absolute atomic E-state index is 0.918. The molecule has 0 saturated carbocycles. The van der Waals surface area contributed by atoms with Gasteiger partial charge < -0.3 is 5.53 Å². The summed E-state index contributed by atoms with van der Waals surface area (Å²) in [6, 6.07) is 17.6. The molecule has 2 aromatic rings. The van der Waals surface area contributed by atoms with Crippen molar-refractivity contribution in [2.45, 2.75) is 360 Å². The Bertz CT molecular complexity index is 1610. The molecule has 0 saturated heterocycles. The van der Waals surface area contributed by atoms with Crippen molar-refractivity contribution in [3.63, 3.8) is 0 Å². The zero-order chi connectivity index (χ0) is 53.8. The molecule has 3 heteroatoms. The van der Waals surface area contributed by atoms with E-state index >= 15 is 0 Å². The SMILES string of the molecule is CCCCCCCCCCCCCCCCCCc1cccc(C2=CC(CCCCCC)=C(c3cccc(CC)c3)[N+]2=[N-])c1.CCCCCCCCCCCCCC[CH2][Ni][CH2]CCCCCCCCCCCCCC. The number of unbranched alkanes of at least 4 members (excludes halogenated alkanes) is 42. The van der Waals surface area contributed by atoms with Gasteiger partial charge in [0.25, 0.3) is 0 Å². The minimum atomic E-state index is 0.918. The van der Waals surface area contributed by atoms with Gasteiger partial charge in [-0.1, -0.05) is 200 Å². The molecular formula is C72H126N2Ni. The molecule has 0 fully saturated rings. The first-order chi connectivity index (χ1) is 37.1. The van der Waals surface area contributed by atoms with E-state index in [0.717, 1.165) is 48.2 Å². The van der Waals surface area contributed by atoms with Crippen LogP contribution in [0.5, 0.6) is 0 Å². The van der Waals surface area contributed by atoms with Gasteiger partial charge in [0.1, 0.15) is 0 Å². The fourth-order valence-electron chi connectivity index (χ4n) is 11.1. The van der Waals surface area contributed by atoms with E-state index in [-0.39, 0.29) is 0 Å². The van der Waals surface area contributed by atoms with E-state index in [1.165, 1.54) is 321 Å². The van der Waals surface area contributed by atoms with Gasteiger partial charge in [0.05, 0.1) is 0 Å². The second kappa shape index (κ2) is 52.7. The van der Waals surface area contributed by atoms with Crippen LogP contribution in [0.4, 0.5) is 0 Å². The molecule has 2 nitrogen and oxygen atoms in total. The van der Waals surface area contributed by atoms with Crippen molar-refractivity contribution >= 4 is 11.4 Å². The first kappa shape index (κ1) is 69.1. The summed E-state index contributed by atoms with van der Waals surface area (Å²) in [5, 5.41) is 2.87. The van der Waals surface area contributed by atoms with E-state index in [0.29, 0.717) is 0 Å². The Labute approximate surface area is 475 Å². The maximum absolute atomic E-state index is 11.5. The molecule has 0 bridgehead atoms. The predicted molar refractivity (Wildman–Crippen MR) is 334 cm³/mol. The van der Waals surface area contributed by atoms with Crippen molar-refractivity contribution in [2.24, 2.45) is 0 Å². The molecule has 0 amide bonds. The summed E-state index contributed by atoms with van der Waals surface area (Å²) in [6.07, 6.45) is 71.0. The second-order valence-electron chi connectivity index (χ2n) is 23.3. The molecule has 0 atom stereocenters. The van der Waals surface area contributed by atoms with Gasteiger partial charge in [-0.25, -0.2) is 4.70 Å². The summed E-state index contributed by atoms with van der Waals surface area (Å²) in [6.45, 7) is 11.4. The van der Waals surface area contributed by atoms with Gasteiger partial charge in [0, 0.05) is 22.8 Å². The van der Waals surface area contributed by atoms with E-state index in [9.17, 15) is 5.53 Å². The number of benzene rings is 2. The molecule has 75 heavy (non-hydrogen) atoms. The van der Waals surface area contributed by atoms with Crippen LogP contribution in [0.15, 0.2) is 60.2 Å². The Hall–Kier alpha value is -1.99. The molecule has 0 spiro atoms. The average molecular weight is 1080 g/mol. The van der Waals surface area contributed by atoms with E-state index in [2.05, 4.69) is 89.2 Å². The molecule has 0 aliphatic carbocycles. The van der Waals surface area contributed by atoms with Crippen LogP contribution < -0.4 is 0 Å². The molecule has 3 rings (SSSR count). The maximum atomic E-state index is 11.5. The quantitative estimate of drug-likeness (QED) is 0.0358. The molecule has 0 radical (unpaired) electrons. The number of hydrogen-bond acceptors (Lipinski definition) is 0. The zero-order valence-electron chi connectivity index (χ0n) is 51.0. The zero-order valence-corrected chi connectivity index (χ0v) is 52.0. The predicted octanol–water partition coefficient (Wildman–Crippen LogP) is 25.9. The molecule has 0 aromatic heterocycles. The molecule has 1 aliphatic heterocycles. The normalized spacial score (nSPS) is 12.5. The Morgan fingerprint density at radius 1 is 0.333 bits per heavy atom. The third-order valence-corrected chi connectivity index (χ3v) is 17.6. The van der Waals surface area contributed by atoms with Gasteiger partial charge in [-0.15, -0.1) is 0 Å². The molecular weight excluding hydrogens is 951 g/mol. The van der Waals surface area contributed by atoms with Crippen molar-refractivity contribution in [1.82, 2.24) is 0 Å². The van der Waals surface area contributed by atoms with E-state index in [1.807, 2.05) is 14.4 Å². The number of allylic oxidation sites excluding steroid dienone is 2. The van der Waals surface area contributed by atoms with Crippen LogP contribution in [-0.2, 0) is 27.3 Å². The third kappa shape index (κ3) is 38.3. The number of nitrogens with zero attached hydrogens (tertiary/aromatic N) is 2. The van der Waals surface area contributed by atoms with Crippen LogP contribution in [0.3, 0.4) is 0 Å². The topological polar surface area (TPSA) is 25.3 Å². The Balaban J connectivity index is 0.000000549. The summed E-state index contributed by atoms with van der Waals surface area (Å²) in [4.78, 5) is 0. The van der Waals surface area contributed by atoms with Crippen LogP contribution in [0.25, 0.3) is 16.9 Å². The van der Waals surface area contributed by atoms with E-state index < -0.39 is 0 Å². The van der Waals surface area contributed by atoms with E-state index in [4.69, 9.17) is 0 Å². The van der Waals surface area contributed by atoms with Crippen LogP contribution >= 0.6 is 0 Å². The van der Waals surface area contributed by atoms with E-state index in [1.54, 1.807) is 0 Å². The van der Waals surface area contributed by atoms with Crippen molar-refractivity contribution in [2.75, 3.05) is 0 Å². The standard InChI is InChI=1S/C42H64N2.2C15H31.Ni/c1-4-7-9-11-12-13-14-15-16-17-18-19-20-21-22-23-27-37-29-26-31-38(34-37)41-35-40(30-24-10-8-5-2)42(44(41)43)39-32-25-28-36(6-3)33-39;2*1-3-5-7-9-11-13-15-14-12-10-8-6-4-2;/h25-26,28-29,31-35H,4-24,27,30H2,1-3H3;2*1,3-15H2,2H3;. The third-order valence-electron chi connectivity index (χ3n) is 16.2. The Morgan fingerprint density at radius 3 is 1.03 bits per heavy atom. The first-order valence-corrected chi connectivity index (χ1v) is 35.1. The molecule has 1 aliphatic rings. The summed E-state index contributed by atoms with van der Waals surface area (Å²) >= 11 is 2.04. The van der Waals surface area contributed by atoms with Gasteiger partial charge in [0.15, 0.2) is 0 Å².